The lowest BCUT2D eigenvalue weighted by Gasteiger charge is -2.37. The summed E-state index contributed by atoms with van der Waals surface area (Å²) in [5.74, 6) is -0.774. The van der Waals surface area contributed by atoms with Crippen LogP contribution in [0.4, 0.5) is 24.8 Å². The van der Waals surface area contributed by atoms with Gasteiger partial charge in [-0.2, -0.15) is 8.78 Å². The van der Waals surface area contributed by atoms with Gasteiger partial charge >= 0.3 is 6.61 Å². The van der Waals surface area contributed by atoms with Gasteiger partial charge in [0.1, 0.15) is 15.9 Å². The number of piperazine rings is 1. The highest BCUT2D eigenvalue weighted by Crippen LogP contribution is 2.40. The zero-order valence-electron chi connectivity index (χ0n) is 17.9. The molecule has 0 amide bonds. The Hall–Kier alpha value is -3.61. The van der Waals surface area contributed by atoms with E-state index >= 15 is 4.39 Å². The highest BCUT2D eigenvalue weighted by molar-refractivity contribution is 7.12. The number of rotatable bonds is 5. The summed E-state index contributed by atoms with van der Waals surface area (Å²) < 4.78 is 51.4. The van der Waals surface area contributed by atoms with Crippen LogP contribution in [-0.2, 0) is 6.54 Å². The van der Waals surface area contributed by atoms with Gasteiger partial charge in [-0.25, -0.2) is 14.4 Å². The Morgan fingerprint density at radius 3 is 2.47 bits per heavy atom. The number of pyridine rings is 1. The fraction of sp³-hybridized carbons (Fsp3) is 0.333. The predicted octanol–water partition coefficient (Wildman–Crippen LogP) is 2.78. The first-order valence-corrected chi connectivity index (χ1v) is 11.3. The Bertz CT molecular complexity index is 1480. The maximum atomic E-state index is 15.4. The van der Waals surface area contributed by atoms with Crippen LogP contribution >= 0.6 is 11.5 Å². The number of nitrogens with one attached hydrogen (secondary N) is 1. The number of hydrogen-bond donors (Lipinski definition) is 1. The van der Waals surface area contributed by atoms with Crippen molar-refractivity contribution in [2.24, 2.45) is 0 Å². The number of halogens is 3. The molecule has 4 aromatic rings. The Balaban J connectivity index is 1.68. The first-order valence-electron chi connectivity index (χ1n) is 10.5. The van der Waals surface area contributed by atoms with Crippen LogP contribution in [0, 0.1) is 5.82 Å². The van der Waals surface area contributed by atoms with Gasteiger partial charge in [0.05, 0.1) is 10.9 Å². The van der Waals surface area contributed by atoms with E-state index in [4.69, 9.17) is 4.74 Å². The summed E-state index contributed by atoms with van der Waals surface area (Å²) in [5, 5.41) is -0.322. The molecule has 1 saturated heterocycles. The minimum Gasteiger partial charge on any atom is -0.430 e. The molecule has 3 aromatic heterocycles. The van der Waals surface area contributed by atoms with Gasteiger partial charge in [-0.05, 0) is 30.6 Å². The second-order valence-corrected chi connectivity index (χ2v) is 8.42. The fourth-order valence-electron chi connectivity index (χ4n) is 4.35. The van der Waals surface area contributed by atoms with E-state index in [-0.39, 0.29) is 46.4 Å². The average molecular weight is 492 g/mol. The van der Waals surface area contributed by atoms with Crippen molar-refractivity contribution in [3.63, 3.8) is 0 Å². The van der Waals surface area contributed by atoms with E-state index in [1.807, 2.05) is 4.90 Å². The van der Waals surface area contributed by atoms with Crippen LogP contribution in [0.15, 0.2) is 34.1 Å². The molecule has 0 saturated carbocycles. The largest absolute Gasteiger partial charge is 0.430 e. The maximum Gasteiger partial charge on any atom is 0.387 e. The van der Waals surface area contributed by atoms with Crippen molar-refractivity contribution in [1.82, 2.24) is 18.9 Å². The molecule has 1 fully saturated rings. The Morgan fingerprint density at radius 2 is 1.82 bits per heavy atom. The van der Waals surface area contributed by atoms with Gasteiger partial charge < -0.3 is 19.1 Å². The lowest BCUT2D eigenvalue weighted by Crippen LogP contribution is -2.47. The summed E-state index contributed by atoms with van der Waals surface area (Å²) in [7, 11) is 0. The number of aromatic nitrogens is 4. The molecule has 34 heavy (non-hydrogen) atoms. The van der Waals surface area contributed by atoms with Gasteiger partial charge in [-0.1, -0.05) is 0 Å². The summed E-state index contributed by atoms with van der Waals surface area (Å²) in [5.41, 5.74) is -1.45. The number of benzene rings is 1. The molecule has 5 rings (SSSR count). The third-order valence-electron chi connectivity index (χ3n) is 5.80. The zero-order valence-corrected chi connectivity index (χ0v) is 18.7. The number of nitrogens with zero attached hydrogens (tertiary/aromatic N) is 5. The first-order chi connectivity index (χ1) is 16.4. The molecule has 0 radical (unpaired) electrons. The molecule has 9 nitrogen and oxygen atoms in total. The Kier molecular flexibility index (Phi) is 5.63. The van der Waals surface area contributed by atoms with Crippen molar-refractivity contribution >= 4 is 44.3 Å². The van der Waals surface area contributed by atoms with Crippen molar-refractivity contribution in [2.75, 3.05) is 36.0 Å². The summed E-state index contributed by atoms with van der Waals surface area (Å²) in [4.78, 5) is 37.5. The second-order valence-electron chi connectivity index (χ2n) is 7.62. The SMILES string of the molecule is CCn1c2s[nH]c(=O)c2c(=O)c2cc(F)c(N3CCN(c4ncccn4)CC3)c(OC(F)F)c21. The highest BCUT2D eigenvalue weighted by atomic mass is 32.1. The summed E-state index contributed by atoms with van der Waals surface area (Å²) in [6.45, 7) is 0.159. The molecule has 0 atom stereocenters. The van der Waals surface area contributed by atoms with E-state index < -0.39 is 29.2 Å². The summed E-state index contributed by atoms with van der Waals surface area (Å²) in [6, 6.07) is 2.70. The molecular weight excluding hydrogens is 473 g/mol. The van der Waals surface area contributed by atoms with E-state index in [1.54, 1.807) is 30.3 Å². The molecule has 13 heteroatoms. The highest BCUT2D eigenvalue weighted by Gasteiger charge is 2.30. The van der Waals surface area contributed by atoms with Gasteiger partial charge in [0, 0.05) is 45.1 Å². The van der Waals surface area contributed by atoms with Gasteiger partial charge in [0.25, 0.3) is 5.56 Å². The normalized spacial score (nSPS) is 14.5. The van der Waals surface area contributed by atoms with Gasteiger partial charge in [0.15, 0.2) is 11.6 Å². The molecule has 0 spiro atoms. The molecule has 178 valence electrons. The molecule has 1 aromatic carbocycles. The third kappa shape index (κ3) is 3.56. The van der Waals surface area contributed by atoms with Crippen LogP contribution in [0.25, 0.3) is 21.1 Å². The van der Waals surface area contributed by atoms with Gasteiger partial charge in [-0.15, -0.1) is 0 Å². The summed E-state index contributed by atoms with van der Waals surface area (Å²) in [6.07, 6.45) is 3.23. The number of anilines is 2. The van der Waals surface area contributed by atoms with E-state index in [1.165, 1.54) is 4.57 Å². The van der Waals surface area contributed by atoms with Crippen LogP contribution in [0.2, 0.25) is 0 Å². The van der Waals surface area contributed by atoms with E-state index in [9.17, 15) is 18.4 Å². The molecule has 4 heterocycles. The first kappa shape index (κ1) is 22.2. The topological polar surface area (TPSA) is 96.4 Å². The molecule has 1 aliphatic rings. The van der Waals surface area contributed by atoms with Crippen molar-refractivity contribution in [3.05, 3.63) is 50.9 Å². The van der Waals surface area contributed by atoms with Crippen molar-refractivity contribution < 1.29 is 17.9 Å². The molecule has 0 bridgehead atoms. The van der Waals surface area contributed by atoms with Crippen LogP contribution in [0.3, 0.4) is 0 Å². The Labute approximate surface area is 194 Å². The van der Waals surface area contributed by atoms with Crippen LogP contribution < -0.4 is 25.5 Å². The fourth-order valence-corrected chi connectivity index (χ4v) is 5.26. The quantitative estimate of drug-likeness (QED) is 0.458. The minimum atomic E-state index is -3.25. The number of hydrogen-bond acceptors (Lipinski definition) is 8. The molecule has 0 aliphatic carbocycles. The number of H-pyrrole nitrogens is 1. The molecule has 1 aliphatic heterocycles. The second kappa shape index (κ2) is 8.63. The van der Waals surface area contributed by atoms with E-state index in [2.05, 4.69) is 14.3 Å². The monoisotopic (exact) mass is 492 g/mol. The van der Waals surface area contributed by atoms with Crippen molar-refractivity contribution in [3.8, 4) is 5.75 Å². The average Bonchev–Trinajstić information content (AvgIpc) is 3.22. The zero-order chi connectivity index (χ0) is 24.0. The number of aryl methyl sites for hydroxylation is 1. The van der Waals surface area contributed by atoms with Crippen LogP contribution in [-0.4, -0.2) is 51.7 Å². The number of ether oxygens (including phenoxy) is 1. The lowest BCUT2D eigenvalue weighted by molar-refractivity contribution is -0.0488. The molecular formula is C21H19F3N6O3S. The van der Waals surface area contributed by atoms with Crippen LogP contribution in [0.5, 0.6) is 5.75 Å². The van der Waals surface area contributed by atoms with Crippen molar-refractivity contribution in [1.29, 1.82) is 0 Å². The van der Waals surface area contributed by atoms with Gasteiger partial charge in [-0.3, -0.25) is 14.0 Å². The standard InChI is InChI=1S/C21H19F3N6O3S/c1-2-30-14-11(16(31)13-18(32)27-34-19(13)30)10-12(22)15(17(14)33-20(23)24)28-6-8-29(9-7-28)21-25-4-3-5-26-21/h3-5,10,20H,2,6-9H2,1H3,(H,27,32). The predicted molar refractivity (Wildman–Crippen MR) is 123 cm³/mol. The lowest BCUT2D eigenvalue weighted by atomic mass is 10.1. The maximum absolute atomic E-state index is 15.4. The number of fused-ring (bicyclic) bond motifs is 2. The number of aromatic amines is 1. The minimum absolute atomic E-state index is 0.0285. The number of alkyl halides is 2. The Morgan fingerprint density at radius 1 is 1.15 bits per heavy atom. The van der Waals surface area contributed by atoms with E-state index in [0.717, 1.165) is 17.6 Å². The molecule has 0 unspecified atom stereocenters. The summed E-state index contributed by atoms with van der Waals surface area (Å²) >= 11 is 0.920. The smallest absolute Gasteiger partial charge is 0.387 e. The van der Waals surface area contributed by atoms with E-state index in [0.29, 0.717) is 19.0 Å². The molecule has 1 N–H and O–H groups in total. The van der Waals surface area contributed by atoms with Crippen molar-refractivity contribution in [2.45, 2.75) is 20.1 Å². The third-order valence-corrected chi connectivity index (χ3v) is 6.71. The van der Waals surface area contributed by atoms with Gasteiger partial charge in [0.2, 0.25) is 11.4 Å². The van der Waals surface area contributed by atoms with Crippen LogP contribution in [0.1, 0.15) is 6.92 Å².